The lowest BCUT2D eigenvalue weighted by Gasteiger charge is -2.11. The molecule has 2 nitrogen and oxygen atoms in total. The van der Waals surface area contributed by atoms with Crippen molar-refractivity contribution >= 4 is 11.3 Å². The highest BCUT2D eigenvalue weighted by atomic mass is 32.1. The molecule has 0 aliphatic rings. The van der Waals surface area contributed by atoms with Crippen LogP contribution in [0.2, 0.25) is 0 Å². The Bertz CT molecular complexity index is 335. The minimum atomic E-state index is -0.0694. The predicted molar refractivity (Wildman–Crippen MR) is 60.3 cm³/mol. The first-order chi connectivity index (χ1) is 6.76. The van der Waals surface area contributed by atoms with E-state index in [-0.39, 0.29) is 6.61 Å². The summed E-state index contributed by atoms with van der Waals surface area (Å²) in [6, 6.07) is 2.08. The summed E-state index contributed by atoms with van der Waals surface area (Å²) in [7, 11) is 2.10. The molecule has 0 fully saturated rings. The van der Waals surface area contributed by atoms with Gasteiger partial charge in [-0.1, -0.05) is 18.8 Å². The summed E-state index contributed by atoms with van der Waals surface area (Å²) in [5.74, 6) is 5.54. The fraction of sp³-hybridized carbons (Fsp3) is 0.455. The average Bonchev–Trinajstić information content (AvgIpc) is 2.62. The molecule has 0 radical (unpaired) electrons. The van der Waals surface area contributed by atoms with Gasteiger partial charge in [0, 0.05) is 22.4 Å². The van der Waals surface area contributed by atoms with Crippen LogP contribution in [0.5, 0.6) is 0 Å². The van der Waals surface area contributed by atoms with Crippen molar-refractivity contribution in [1.82, 2.24) is 4.90 Å². The normalized spacial score (nSPS) is 10.0. The third-order valence-corrected chi connectivity index (χ3v) is 2.85. The van der Waals surface area contributed by atoms with Gasteiger partial charge in [-0.2, -0.15) is 0 Å². The van der Waals surface area contributed by atoms with E-state index in [1.165, 1.54) is 4.88 Å². The number of thiophene rings is 1. The molecule has 0 aliphatic carbocycles. The SMILES string of the molecule is CCN(C)Cc1cc(C#CCO)cs1. The van der Waals surface area contributed by atoms with E-state index in [4.69, 9.17) is 5.11 Å². The Morgan fingerprint density at radius 2 is 2.36 bits per heavy atom. The average molecular weight is 209 g/mol. The molecule has 3 heteroatoms. The molecule has 1 aromatic rings. The Hall–Kier alpha value is -0.820. The van der Waals surface area contributed by atoms with Crippen molar-refractivity contribution in [3.05, 3.63) is 21.9 Å². The molecule has 1 heterocycles. The van der Waals surface area contributed by atoms with Crippen molar-refractivity contribution in [2.75, 3.05) is 20.2 Å². The third-order valence-electron chi connectivity index (χ3n) is 1.93. The maximum atomic E-state index is 8.54. The van der Waals surface area contributed by atoms with Crippen LogP contribution >= 0.6 is 11.3 Å². The summed E-state index contributed by atoms with van der Waals surface area (Å²) in [6.45, 7) is 4.09. The number of aliphatic hydroxyl groups is 1. The van der Waals surface area contributed by atoms with Gasteiger partial charge in [-0.3, -0.25) is 0 Å². The first-order valence-electron chi connectivity index (χ1n) is 4.62. The maximum absolute atomic E-state index is 8.54. The molecule has 0 saturated heterocycles. The molecule has 14 heavy (non-hydrogen) atoms. The molecule has 1 rings (SSSR count). The zero-order valence-electron chi connectivity index (χ0n) is 8.58. The Balaban J connectivity index is 2.59. The van der Waals surface area contributed by atoms with Gasteiger partial charge in [0.05, 0.1) is 0 Å². The number of aliphatic hydroxyl groups excluding tert-OH is 1. The van der Waals surface area contributed by atoms with E-state index in [0.717, 1.165) is 18.7 Å². The summed E-state index contributed by atoms with van der Waals surface area (Å²) < 4.78 is 0. The van der Waals surface area contributed by atoms with Crippen molar-refractivity contribution in [2.24, 2.45) is 0 Å². The van der Waals surface area contributed by atoms with Gasteiger partial charge in [0.1, 0.15) is 6.61 Å². The summed E-state index contributed by atoms with van der Waals surface area (Å²) >= 11 is 1.72. The van der Waals surface area contributed by atoms with Gasteiger partial charge in [0.2, 0.25) is 0 Å². The van der Waals surface area contributed by atoms with E-state index in [0.29, 0.717) is 0 Å². The second-order valence-electron chi connectivity index (χ2n) is 3.09. The minimum Gasteiger partial charge on any atom is -0.384 e. The first-order valence-corrected chi connectivity index (χ1v) is 5.50. The molecule has 0 aliphatic heterocycles. The number of nitrogens with zero attached hydrogens (tertiary/aromatic N) is 1. The smallest absolute Gasteiger partial charge is 0.104 e. The lowest BCUT2D eigenvalue weighted by molar-refractivity contribution is 0.349. The topological polar surface area (TPSA) is 23.5 Å². The van der Waals surface area contributed by atoms with E-state index in [1.807, 2.05) is 5.38 Å². The number of hydrogen-bond acceptors (Lipinski definition) is 3. The summed E-state index contributed by atoms with van der Waals surface area (Å²) in [4.78, 5) is 3.56. The molecule has 0 bridgehead atoms. The summed E-state index contributed by atoms with van der Waals surface area (Å²) in [6.07, 6.45) is 0. The molecule has 1 aromatic heterocycles. The highest BCUT2D eigenvalue weighted by Crippen LogP contribution is 2.15. The lowest BCUT2D eigenvalue weighted by Crippen LogP contribution is -2.15. The maximum Gasteiger partial charge on any atom is 0.104 e. The molecule has 0 aromatic carbocycles. The van der Waals surface area contributed by atoms with Crippen LogP contribution in [0.4, 0.5) is 0 Å². The Labute approximate surface area is 89.2 Å². The van der Waals surface area contributed by atoms with Gasteiger partial charge < -0.3 is 10.0 Å². The van der Waals surface area contributed by atoms with Crippen molar-refractivity contribution in [2.45, 2.75) is 13.5 Å². The van der Waals surface area contributed by atoms with Crippen LogP contribution in [0.1, 0.15) is 17.4 Å². The van der Waals surface area contributed by atoms with Gasteiger partial charge in [-0.05, 0) is 19.7 Å². The Morgan fingerprint density at radius 3 is 3.00 bits per heavy atom. The second-order valence-corrected chi connectivity index (χ2v) is 4.09. The lowest BCUT2D eigenvalue weighted by atomic mass is 10.3. The first kappa shape index (κ1) is 11.3. The van der Waals surface area contributed by atoms with E-state index < -0.39 is 0 Å². The standard InChI is InChI=1S/C11H15NOS/c1-3-12(2)8-11-7-10(9-14-11)5-4-6-13/h7,9,13H,3,6,8H2,1-2H3. The zero-order chi connectivity index (χ0) is 10.4. The summed E-state index contributed by atoms with van der Waals surface area (Å²) in [5, 5.41) is 10.6. The molecular weight excluding hydrogens is 194 g/mol. The van der Waals surface area contributed by atoms with E-state index in [9.17, 15) is 0 Å². The molecule has 0 spiro atoms. The van der Waals surface area contributed by atoms with Crippen LogP contribution < -0.4 is 0 Å². The van der Waals surface area contributed by atoms with Crippen LogP contribution in [0.15, 0.2) is 11.4 Å². The highest BCUT2D eigenvalue weighted by molar-refractivity contribution is 7.10. The molecule has 76 valence electrons. The number of hydrogen-bond donors (Lipinski definition) is 1. The molecular formula is C11H15NOS. The van der Waals surface area contributed by atoms with E-state index in [1.54, 1.807) is 11.3 Å². The van der Waals surface area contributed by atoms with Crippen LogP contribution in [0.25, 0.3) is 0 Å². The van der Waals surface area contributed by atoms with Gasteiger partial charge in [0.25, 0.3) is 0 Å². The fourth-order valence-corrected chi connectivity index (χ4v) is 1.94. The molecule has 1 N–H and O–H groups in total. The van der Waals surface area contributed by atoms with Crippen molar-refractivity contribution in [3.8, 4) is 11.8 Å². The van der Waals surface area contributed by atoms with Crippen LogP contribution in [0.3, 0.4) is 0 Å². The number of rotatable bonds is 3. The summed E-state index contributed by atoms with van der Waals surface area (Å²) in [5.41, 5.74) is 1.00. The third kappa shape index (κ3) is 3.51. The van der Waals surface area contributed by atoms with Gasteiger partial charge in [-0.25, -0.2) is 0 Å². The van der Waals surface area contributed by atoms with Crippen LogP contribution in [-0.4, -0.2) is 30.2 Å². The second kappa shape index (κ2) is 5.82. The van der Waals surface area contributed by atoms with Gasteiger partial charge >= 0.3 is 0 Å². The Kier molecular flexibility index (Phi) is 4.68. The van der Waals surface area contributed by atoms with Crippen molar-refractivity contribution < 1.29 is 5.11 Å². The fourth-order valence-electron chi connectivity index (χ4n) is 1.05. The van der Waals surface area contributed by atoms with Crippen LogP contribution in [0, 0.1) is 11.8 Å². The highest BCUT2D eigenvalue weighted by Gasteiger charge is 2.00. The largest absolute Gasteiger partial charge is 0.384 e. The molecule has 0 unspecified atom stereocenters. The minimum absolute atomic E-state index is 0.0694. The molecule has 0 amide bonds. The van der Waals surface area contributed by atoms with Gasteiger partial charge in [0.15, 0.2) is 0 Å². The zero-order valence-corrected chi connectivity index (χ0v) is 9.40. The quantitative estimate of drug-likeness (QED) is 0.763. The Morgan fingerprint density at radius 1 is 1.57 bits per heavy atom. The van der Waals surface area contributed by atoms with Gasteiger partial charge in [-0.15, -0.1) is 11.3 Å². The van der Waals surface area contributed by atoms with Crippen molar-refractivity contribution in [3.63, 3.8) is 0 Å². The molecule has 0 atom stereocenters. The van der Waals surface area contributed by atoms with E-state index in [2.05, 4.69) is 36.8 Å². The van der Waals surface area contributed by atoms with Crippen LogP contribution in [-0.2, 0) is 6.54 Å². The molecule has 0 saturated carbocycles. The van der Waals surface area contributed by atoms with Crippen molar-refractivity contribution in [1.29, 1.82) is 0 Å². The predicted octanol–water partition coefficient (Wildman–Crippen LogP) is 1.54. The monoisotopic (exact) mass is 209 g/mol. The van der Waals surface area contributed by atoms with E-state index >= 15 is 0 Å².